The Morgan fingerprint density at radius 3 is 2.71 bits per heavy atom. The third-order valence-corrected chi connectivity index (χ3v) is 4.25. The van der Waals surface area contributed by atoms with E-state index in [-0.39, 0.29) is 0 Å². The second-order valence-electron chi connectivity index (χ2n) is 6.07. The molecular weight excluding hydrogens is 254 g/mol. The number of rotatable bonds is 3. The molecular formula is C20H23N. The maximum atomic E-state index is 2.44. The van der Waals surface area contributed by atoms with Crippen molar-refractivity contribution in [2.45, 2.75) is 6.42 Å². The Kier molecular flexibility index (Phi) is 4.21. The zero-order valence-corrected chi connectivity index (χ0v) is 12.9. The summed E-state index contributed by atoms with van der Waals surface area (Å²) >= 11 is 0. The maximum absolute atomic E-state index is 2.44. The third kappa shape index (κ3) is 3.08. The Bertz CT molecular complexity index is 616. The summed E-state index contributed by atoms with van der Waals surface area (Å²) in [5.74, 6) is 0.949. The third-order valence-electron chi connectivity index (χ3n) is 4.25. The molecule has 108 valence electrons. The van der Waals surface area contributed by atoms with Crippen LogP contribution in [0, 0.1) is 11.8 Å². The number of fused-ring (bicyclic) bond motifs is 2. The molecule has 2 unspecified atom stereocenters. The van der Waals surface area contributed by atoms with E-state index >= 15 is 0 Å². The van der Waals surface area contributed by atoms with E-state index in [2.05, 4.69) is 85.8 Å². The lowest BCUT2D eigenvalue weighted by atomic mass is 9.80. The smallest absolute Gasteiger partial charge is 0.0122 e. The lowest BCUT2D eigenvalue weighted by Gasteiger charge is -2.24. The van der Waals surface area contributed by atoms with Gasteiger partial charge in [0.15, 0.2) is 0 Å². The van der Waals surface area contributed by atoms with Crippen molar-refractivity contribution >= 4 is 11.6 Å². The Morgan fingerprint density at radius 1 is 1.05 bits per heavy atom. The summed E-state index contributed by atoms with van der Waals surface area (Å²) in [5, 5.41) is 0. The number of allylic oxidation sites excluding steroid dienone is 6. The van der Waals surface area contributed by atoms with Gasteiger partial charge in [-0.25, -0.2) is 0 Å². The van der Waals surface area contributed by atoms with Crippen molar-refractivity contribution in [1.82, 2.24) is 4.90 Å². The van der Waals surface area contributed by atoms with Crippen molar-refractivity contribution in [3.05, 3.63) is 71.8 Å². The van der Waals surface area contributed by atoms with Crippen LogP contribution in [0.4, 0.5) is 0 Å². The summed E-state index contributed by atoms with van der Waals surface area (Å²) in [6, 6.07) is 8.75. The van der Waals surface area contributed by atoms with E-state index < -0.39 is 0 Å². The molecule has 0 fully saturated rings. The van der Waals surface area contributed by atoms with Crippen LogP contribution < -0.4 is 0 Å². The molecule has 0 spiro atoms. The summed E-state index contributed by atoms with van der Waals surface area (Å²) in [6.07, 6.45) is 17.2. The van der Waals surface area contributed by atoms with E-state index in [0.717, 1.165) is 13.0 Å². The predicted molar refractivity (Wildman–Crippen MR) is 91.9 cm³/mol. The van der Waals surface area contributed by atoms with Gasteiger partial charge in [0.1, 0.15) is 0 Å². The quantitative estimate of drug-likeness (QED) is 0.791. The summed E-state index contributed by atoms with van der Waals surface area (Å²) in [7, 11) is 4.26. The SMILES string of the molecule is CN(C)CC/C=C1\c2ccccc2C=CC2C=CC=CC12. The monoisotopic (exact) mass is 277 g/mol. The average molecular weight is 277 g/mol. The zero-order chi connectivity index (χ0) is 14.7. The highest BCUT2D eigenvalue weighted by Gasteiger charge is 2.24. The van der Waals surface area contributed by atoms with Gasteiger partial charge in [0.2, 0.25) is 0 Å². The van der Waals surface area contributed by atoms with Gasteiger partial charge >= 0.3 is 0 Å². The first-order valence-electron chi connectivity index (χ1n) is 7.73. The van der Waals surface area contributed by atoms with E-state index in [4.69, 9.17) is 0 Å². The molecule has 21 heavy (non-hydrogen) atoms. The van der Waals surface area contributed by atoms with Crippen LogP contribution in [0.1, 0.15) is 17.5 Å². The molecule has 1 aromatic rings. The van der Waals surface area contributed by atoms with E-state index in [0.29, 0.717) is 11.8 Å². The molecule has 0 heterocycles. The van der Waals surface area contributed by atoms with Crippen molar-refractivity contribution in [3.63, 3.8) is 0 Å². The van der Waals surface area contributed by atoms with E-state index in [1.54, 1.807) is 0 Å². The number of hydrogen-bond donors (Lipinski definition) is 0. The normalized spacial score (nSPS) is 25.0. The predicted octanol–water partition coefficient (Wildman–Crippen LogP) is 4.41. The van der Waals surface area contributed by atoms with Gasteiger partial charge in [-0.3, -0.25) is 0 Å². The first kappa shape index (κ1) is 14.1. The highest BCUT2D eigenvalue weighted by atomic mass is 15.0. The van der Waals surface area contributed by atoms with Crippen LogP contribution in [0.2, 0.25) is 0 Å². The second-order valence-corrected chi connectivity index (χ2v) is 6.07. The highest BCUT2D eigenvalue weighted by molar-refractivity contribution is 5.79. The number of hydrogen-bond acceptors (Lipinski definition) is 1. The highest BCUT2D eigenvalue weighted by Crippen LogP contribution is 2.39. The summed E-state index contributed by atoms with van der Waals surface area (Å²) in [6.45, 7) is 1.09. The topological polar surface area (TPSA) is 3.24 Å². The van der Waals surface area contributed by atoms with Crippen molar-refractivity contribution in [2.75, 3.05) is 20.6 Å². The summed E-state index contributed by atoms with van der Waals surface area (Å²) in [4.78, 5) is 2.24. The van der Waals surface area contributed by atoms with E-state index in [1.807, 2.05) is 0 Å². The molecule has 1 nitrogen and oxygen atoms in total. The van der Waals surface area contributed by atoms with Crippen molar-refractivity contribution in [2.24, 2.45) is 11.8 Å². The lowest BCUT2D eigenvalue weighted by molar-refractivity contribution is 0.417. The fourth-order valence-electron chi connectivity index (χ4n) is 3.14. The van der Waals surface area contributed by atoms with E-state index in [1.165, 1.54) is 16.7 Å². The molecule has 0 saturated heterocycles. The molecule has 0 bridgehead atoms. The molecule has 0 radical (unpaired) electrons. The first-order chi connectivity index (χ1) is 10.3. The number of nitrogens with zero attached hydrogens (tertiary/aromatic N) is 1. The Hall–Kier alpha value is -1.86. The fourth-order valence-corrected chi connectivity index (χ4v) is 3.14. The number of benzene rings is 1. The molecule has 1 aromatic carbocycles. The zero-order valence-electron chi connectivity index (χ0n) is 12.9. The van der Waals surface area contributed by atoms with Crippen LogP contribution >= 0.6 is 0 Å². The van der Waals surface area contributed by atoms with Crippen molar-refractivity contribution in [3.8, 4) is 0 Å². The minimum atomic E-state index is 0.470. The lowest BCUT2D eigenvalue weighted by Crippen LogP contribution is -2.14. The Balaban J connectivity index is 2.00. The molecule has 0 N–H and O–H groups in total. The van der Waals surface area contributed by atoms with E-state index in [9.17, 15) is 0 Å². The molecule has 2 atom stereocenters. The van der Waals surface area contributed by atoms with Crippen LogP contribution in [-0.4, -0.2) is 25.5 Å². The maximum Gasteiger partial charge on any atom is 0.0122 e. The van der Waals surface area contributed by atoms with Gasteiger partial charge in [0.25, 0.3) is 0 Å². The van der Waals surface area contributed by atoms with Gasteiger partial charge < -0.3 is 4.90 Å². The molecule has 1 heteroatoms. The minimum absolute atomic E-state index is 0.470. The van der Waals surface area contributed by atoms with Gasteiger partial charge in [-0.1, -0.05) is 66.8 Å². The van der Waals surface area contributed by atoms with Crippen LogP contribution in [0.15, 0.2) is 60.7 Å². The molecule has 2 aliphatic rings. The van der Waals surface area contributed by atoms with Crippen LogP contribution in [0.25, 0.3) is 11.6 Å². The standard InChI is InChI=1S/C20H23N/c1-21(2)15-7-12-20-18-10-5-3-8-16(18)13-14-17-9-4-6-11-19(17)20/h3-6,8-14,16,18H,7,15H2,1-2H3/b20-12-. The Morgan fingerprint density at radius 2 is 1.86 bits per heavy atom. The van der Waals surface area contributed by atoms with Crippen LogP contribution in [-0.2, 0) is 0 Å². The van der Waals surface area contributed by atoms with Gasteiger partial charge in [0.05, 0.1) is 0 Å². The van der Waals surface area contributed by atoms with Gasteiger partial charge in [-0.2, -0.15) is 0 Å². The van der Waals surface area contributed by atoms with Gasteiger partial charge in [-0.05, 0) is 37.2 Å². The average Bonchev–Trinajstić information content (AvgIpc) is 2.65. The van der Waals surface area contributed by atoms with Gasteiger partial charge in [-0.15, -0.1) is 0 Å². The summed E-state index contributed by atoms with van der Waals surface area (Å²) in [5.41, 5.74) is 4.20. The fraction of sp³-hybridized carbons (Fsp3) is 0.300. The largest absolute Gasteiger partial charge is 0.309 e. The molecule has 0 amide bonds. The van der Waals surface area contributed by atoms with Crippen molar-refractivity contribution < 1.29 is 0 Å². The molecule has 2 aliphatic carbocycles. The molecule has 3 rings (SSSR count). The first-order valence-corrected chi connectivity index (χ1v) is 7.73. The second kappa shape index (κ2) is 6.28. The van der Waals surface area contributed by atoms with Crippen molar-refractivity contribution in [1.29, 1.82) is 0 Å². The Labute approximate surface area is 128 Å². The minimum Gasteiger partial charge on any atom is -0.309 e. The molecule has 0 aromatic heterocycles. The van der Waals surface area contributed by atoms with Gasteiger partial charge in [0, 0.05) is 18.4 Å². The van der Waals surface area contributed by atoms with Crippen LogP contribution in [0.5, 0.6) is 0 Å². The molecule has 0 saturated carbocycles. The summed E-state index contributed by atoms with van der Waals surface area (Å²) < 4.78 is 0. The molecule has 0 aliphatic heterocycles. The van der Waals surface area contributed by atoms with Crippen LogP contribution in [0.3, 0.4) is 0 Å².